The summed E-state index contributed by atoms with van der Waals surface area (Å²) >= 11 is 3.06. The molecule has 0 aliphatic heterocycles. The van der Waals surface area contributed by atoms with E-state index in [4.69, 9.17) is 14.5 Å². The van der Waals surface area contributed by atoms with E-state index >= 15 is 0 Å². The second-order valence-corrected chi connectivity index (χ2v) is 10.4. The summed E-state index contributed by atoms with van der Waals surface area (Å²) in [4.78, 5) is 18.4. The van der Waals surface area contributed by atoms with Gasteiger partial charge in [0.15, 0.2) is 0 Å². The number of nitriles is 1. The molecular formula is C28H25N7O2S2. The molecule has 1 aromatic carbocycles. The van der Waals surface area contributed by atoms with Crippen molar-refractivity contribution in [2.75, 3.05) is 25.3 Å². The molecule has 0 amide bonds. The van der Waals surface area contributed by atoms with Gasteiger partial charge in [0.2, 0.25) is 5.95 Å². The fourth-order valence-electron chi connectivity index (χ4n) is 3.97. The van der Waals surface area contributed by atoms with Gasteiger partial charge in [0.25, 0.3) is 0 Å². The molecule has 0 saturated heterocycles. The quantitative estimate of drug-likeness (QED) is 0.149. The molecule has 0 bridgehead atoms. The highest BCUT2D eigenvalue weighted by Crippen LogP contribution is 2.46. The van der Waals surface area contributed by atoms with Crippen molar-refractivity contribution >= 4 is 34.7 Å². The Morgan fingerprint density at radius 3 is 2.85 bits per heavy atom. The summed E-state index contributed by atoms with van der Waals surface area (Å²) in [6.07, 6.45) is 13.4. The molecule has 0 aliphatic carbocycles. The number of aryl methyl sites for hydroxylation is 1. The Hall–Kier alpha value is -4.40. The first-order valence-electron chi connectivity index (χ1n) is 12.1. The lowest BCUT2D eigenvalue weighted by Gasteiger charge is -2.10. The number of thioether (sulfide) groups is 1. The number of ether oxygens (including phenoxy) is 2. The molecule has 4 heterocycles. The van der Waals surface area contributed by atoms with E-state index in [1.165, 1.54) is 23.1 Å². The summed E-state index contributed by atoms with van der Waals surface area (Å²) in [5, 5.41) is 13.3. The Balaban J connectivity index is 1.37. The van der Waals surface area contributed by atoms with Crippen LogP contribution in [-0.2, 0) is 6.54 Å². The van der Waals surface area contributed by atoms with Gasteiger partial charge < -0.3 is 19.4 Å². The Morgan fingerprint density at radius 2 is 2.05 bits per heavy atom. The fourth-order valence-corrected chi connectivity index (χ4v) is 5.88. The van der Waals surface area contributed by atoms with E-state index in [0.717, 1.165) is 44.6 Å². The molecule has 11 heteroatoms. The zero-order valence-corrected chi connectivity index (χ0v) is 23.0. The molecule has 5 aromatic rings. The number of rotatable bonds is 11. The maximum Gasteiger partial charge on any atom is 0.227 e. The smallest absolute Gasteiger partial charge is 0.227 e. The predicted molar refractivity (Wildman–Crippen MR) is 154 cm³/mol. The molecule has 39 heavy (non-hydrogen) atoms. The monoisotopic (exact) mass is 555 g/mol. The van der Waals surface area contributed by atoms with E-state index in [2.05, 4.69) is 26.3 Å². The maximum atomic E-state index is 10.0. The van der Waals surface area contributed by atoms with Crippen LogP contribution in [0.15, 0.2) is 77.9 Å². The molecule has 0 radical (unpaired) electrons. The summed E-state index contributed by atoms with van der Waals surface area (Å²) in [7, 11) is 1.60. The maximum absolute atomic E-state index is 10.0. The van der Waals surface area contributed by atoms with Crippen molar-refractivity contribution < 1.29 is 9.47 Å². The minimum absolute atomic E-state index is 0.442. The molecule has 0 fully saturated rings. The average molecular weight is 556 g/mol. The second-order valence-electron chi connectivity index (χ2n) is 8.32. The van der Waals surface area contributed by atoms with E-state index in [9.17, 15) is 5.26 Å². The van der Waals surface area contributed by atoms with Crippen LogP contribution in [0.25, 0.3) is 21.7 Å². The van der Waals surface area contributed by atoms with Crippen LogP contribution in [0, 0.1) is 11.3 Å². The first-order chi connectivity index (χ1) is 19.2. The van der Waals surface area contributed by atoms with Gasteiger partial charge in [0.05, 0.1) is 46.6 Å². The van der Waals surface area contributed by atoms with E-state index in [1.807, 2.05) is 53.4 Å². The molecule has 1 N–H and O–H groups in total. The number of anilines is 2. The first-order valence-corrected chi connectivity index (χ1v) is 14.1. The number of hydrogen-bond acceptors (Lipinski definition) is 10. The van der Waals surface area contributed by atoms with Crippen molar-refractivity contribution in [3.05, 3.63) is 79.3 Å². The van der Waals surface area contributed by atoms with Crippen molar-refractivity contribution in [3.8, 4) is 39.3 Å². The summed E-state index contributed by atoms with van der Waals surface area (Å²) in [5.41, 5.74) is 3.70. The molecule has 0 atom stereocenters. The number of thiophene rings is 1. The van der Waals surface area contributed by atoms with Crippen LogP contribution in [-0.4, -0.2) is 44.5 Å². The van der Waals surface area contributed by atoms with Crippen molar-refractivity contribution in [2.24, 2.45) is 0 Å². The van der Waals surface area contributed by atoms with Crippen LogP contribution < -0.4 is 14.8 Å². The van der Waals surface area contributed by atoms with Gasteiger partial charge in [-0.25, -0.2) is 15.0 Å². The highest BCUT2D eigenvalue weighted by Gasteiger charge is 2.22. The van der Waals surface area contributed by atoms with Crippen molar-refractivity contribution in [3.63, 3.8) is 0 Å². The van der Waals surface area contributed by atoms with E-state index in [0.29, 0.717) is 29.6 Å². The average Bonchev–Trinajstić information content (AvgIpc) is 3.63. The minimum atomic E-state index is 0.442. The summed E-state index contributed by atoms with van der Waals surface area (Å²) in [5.74, 6) is 1.82. The SMILES string of the molecule is COc1cncc(-c2c(-c3ccnc(Nc4cccc(OCCCn5ccnc5)c4)n3)sc(SC)c2C#N)c1. The zero-order chi connectivity index (χ0) is 27.0. The van der Waals surface area contributed by atoms with E-state index in [1.54, 1.807) is 38.2 Å². The number of aromatic nitrogens is 5. The predicted octanol–water partition coefficient (Wildman–Crippen LogP) is 6.28. The van der Waals surface area contributed by atoms with Crippen molar-refractivity contribution in [2.45, 2.75) is 17.2 Å². The summed E-state index contributed by atoms with van der Waals surface area (Å²) in [6.45, 7) is 1.44. The van der Waals surface area contributed by atoms with E-state index < -0.39 is 0 Å². The van der Waals surface area contributed by atoms with Crippen LogP contribution in [0.4, 0.5) is 11.6 Å². The standard InChI is InChI=1S/C28H25N7O2S2/c1-36-22-13-19(16-31-17-22)25-23(15-29)27(38-2)39-26(25)24-7-8-32-28(34-24)33-20-5-3-6-21(14-20)37-12-4-10-35-11-9-30-18-35/h3,5-9,11,13-14,16-18H,4,10,12H2,1-2H3,(H,32,33,34). The molecule has 0 unspecified atom stereocenters. The van der Waals surface area contributed by atoms with Gasteiger partial charge in [0, 0.05) is 54.2 Å². The van der Waals surface area contributed by atoms with Crippen LogP contribution in [0.2, 0.25) is 0 Å². The number of pyridine rings is 1. The van der Waals surface area contributed by atoms with Gasteiger partial charge in [-0.05, 0) is 36.9 Å². The molecule has 0 spiro atoms. The molecule has 0 aliphatic rings. The molecule has 0 saturated carbocycles. The Bertz CT molecular complexity index is 1600. The molecule has 4 aromatic heterocycles. The van der Waals surface area contributed by atoms with Crippen LogP contribution >= 0.6 is 23.1 Å². The topological polar surface area (TPSA) is 111 Å². The number of nitrogens with one attached hydrogen (secondary N) is 1. The van der Waals surface area contributed by atoms with Gasteiger partial charge >= 0.3 is 0 Å². The van der Waals surface area contributed by atoms with Gasteiger partial charge in [-0.3, -0.25) is 4.98 Å². The number of benzene rings is 1. The normalized spacial score (nSPS) is 10.7. The Kier molecular flexibility index (Phi) is 8.36. The Labute approximate surface area is 234 Å². The third kappa shape index (κ3) is 6.19. The van der Waals surface area contributed by atoms with Crippen LogP contribution in [0.5, 0.6) is 11.5 Å². The molecule has 9 nitrogen and oxygen atoms in total. The van der Waals surface area contributed by atoms with Crippen LogP contribution in [0.3, 0.4) is 0 Å². The van der Waals surface area contributed by atoms with Gasteiger partial charge in [-0.2, -0.15) is 5.26 Å². The number of hydrogen-bond donors (Lipinski definition) is 1. The lowest BCUT2D eigenvalue weighted by molar-refractivity contribution is 0.302. The highest BCUT2D eigenvalue weighted by molar-refractivity contribution is 8.00. The summed E-state index contributed by atoms with van der Waals surface area (Å²) < 4.78 is 14.3. The summed E-state index contributed by atoms with van der Waals surface area (Å²) in [6, 6.07) is 13.8. The molecule has 5 rings (SSSR count). The van der Waals surface area contributed by atoms with Crippen molar-refractivity contribution in [1.82, 2.24) is 24.5 Å². The highest BCUT2D eigenvalue weighted by atomic mass is 32.2. The van der Waals surface area contributed by atoms with Gasteiger partial charge in [-0.15, -0.1) is 23.1 Å². The van der Waals surface area contributed by atoms with Crippen LogP contribution in [0.1, 0.15) is 12.0 Å². The lowest BCUT2D eigenvalue weighted by Crippen LogP contribution is -2.03. The molecular weight excluding hydrogens is 530 g/mol. The van der Waals surface area contributed by atoms with Gasteiger partial charge in [-0.1, -0.05) is 6.07 Å². The third-order valence-corrected chi connectivity index (χ3v) is 8.11. The second kappa shape index (κ2) is 12.4. The lowest BCUT2D eigenvalue weighted by atomic mass is 10.0. The van der Waals surface area contributed by atoms with Crippen molar-refractivity contribution in [1.29, 1.82) is 5.26 Å². The largest absolute Gasteiger partial charge is 0.495 e. The first kappa shape index (κ1) is 26.2. The number of methoxy groups -OCH3 is 1. The Morgan fingerprint density at radius 1 is 1.13 bits per heavy atom. The zero-order valence-electron chi connectivity index (χ0n) is 21.4. The minimum Gasteiger partial charge on any atom is -0.495 e. The number of imidazole rings is 1. The van der Waals surface area contributed by atoms with E-state index in [-0.39, 0.29) is 0 Å². The molecule has 196 valence electrons. The number of nitrogens with zero attached hydrogens (tertiary/aromatic N) is 6. The third-order valence-electron chi connectivity index (χ3n) is 5.78. The van der Waals surface area contributed by atoms with Gasteiger partial charge in [0.1, 0.15) is 17.6 Å². The fraction of sp³-hybridized carbons (Fsp3) is 0.179.